The van der Waals surface area contributed by atoms with Crippen molar-refractivity contribution in [3.63, 3.8) is 0 Å². The van der Waals surface area contributed by atoms with Crippen LogP contribution in [-0.4, -0.2) is 11.1 Å². The van der Waals surface area contributed by atoms with E-state index in [2.05, 4.69) is 37.3 Å². The minimum absolute atomic E-state index is 0.252. The lowest BCUT2D eigenvalue weighted by Crippen LogP contribution is -1.92. The Bertz CT molecular complexity index is 398. The topological polar surface area (TPSA) is 37.3 Å². The largest absolute Gasteiger partial charge is 0.481 e. The first-order chi connectivity index (χ1) is 10.8. The van der Waals surface area contributed by atoms with Gasteiger partial charge in [0.05, 0.1) is 0 Å². The van der Waals surface area contributed by atoms with Crippen molar-refractivity contribution in [1.29, 1.82) is 0 Å². The fraction of sp³-hybridized carbons (Fsp3) is 0.450. The van der Waals surface area contributed by atoms with Crippen LogP contribution in [0.15, 0.2) is 60.8 Å². The second-order valence-corrected chi connectivity index (χ2v) is 5.11. The Labute approximate surface area is 135 Å². The van der Waals surface area contributed by atoms with Gasteiger partial charge in [-0.05, 0) is 32.1 Å². The van der Waals surface area contributed by atoms with Gasteiger partial charge in [0.2, 0.25) is 0 Å². The molecule has 0 saturated carbocycles. The van der Waals surface area contributed by atoms with Gasteiger partial charge in [0, 0.05) is 6.42 Å². The Morgan fingerprint density at radius 3 is 2.09 bits per heavy atom. The molecule has 2 nitrogen and oxygen atoms in total. The van der Waals surface area contributed by atoms with Crippen LogP contribution in [0.1, 0.15) is 58.3 Å². The maximum atomic E-state index is 10.3. The molecule has 0 aliphatic heterocycles. The maximum absolute atomic E-state index is 10.3. The number of rotatable bonds is 13. The Morgan fingerprint density at radius 2 is 1.41 bits per heavy atom. The SMILES string of the molecule is CCCCC/C=C/C=C/C=C/C=C/C/C=C/CCCC(=O)O. The van der Waals surface area contributed by atoms with Crippen LogP contribution in [0.25, 0.3) is 0 Å². The zero-order valence-corrected chi connectivity index (χ0v) is 13.8. The van der Waals surface area contributed by atoms with Gasteiger partial charge >= 0.3 is 5.97 Å². The van der Waals surface area contributed by atoms with Crippen LogP contribution in [-0.2, 0) is 4.79 Å². The number of allylic oxidation sites excluding steroid dienone is 10. The smallest absolute Gasteiger partial charge is 0.303 e. The summed E-state index contributed by atoms with van der Waals surface area (Å²) in [6, 6.07) is 0. The van der Waals surface area contributed by atoms with Crippen molar-refractivity contribution in [3.8, 4) is 0 Å². The highest BCUT2D eigenvalue weighted by Gasteiger charge is 1.92. The molecule has 0 saturated heterocycles. The van der Waals surface area contributed by atoms with Crippen molar-refractivity contribution in [1.82, 2.24) is 0 Å². The molecule has 0 atom stereocenters. The Hall–Kier alpha value is -1.83. The summed E-state index contributed by atoms with van der Waals surface area (Å²) in [6.07, 6.45) is 28.4. The molecule has 0 heterocycles. The molecule has 0 amide bonds. The van der Waals surface area contributed by atoms with E-state index in [9.17, 15) is 4.79 Å². The van der Waals surface area contributed by atoms with E-state index in [4.69, 9.17) is 5.11 Å². The minimum atomic E-state index is -0.720. The van der Waals surface area contributed by atoms with Gasteiger partial charge in [-0.3, -0.25) is 4.79 Å². The van der Waals surface area contributed by atoms with Crippen LogP contribution in [0.2, 0.25) is 0 Å². The molecule has 1 N–H and O–H groups in total. The summed E-state index contributed by atoms with van der Waals surface area (Å²) < 4.78 is 0. The quantitative estimate of drug-likeness (QED) is 0.258. The van der Waals surface area contributed by atoms with Crippen molar-refractivity contribution in [3.05, 3.63) is 60.8 Å². The maximum Gasteiger partial charge on any atom is 0.303 e. The number of carbonyl (C=O) groups is 1. The molecule has 0 aliphatic rings. The summed E-state index contributed by atoms with van der Waals surface area (Å²) >= 11 is 0. The standard InChI is InChI=1S/C20H30O2/c1-2-3-4-5-6-7-8-9-10-11-12-13-14-15-16-17-18-19-20(21)22/h6-13,15-16H,2-5,14,17-19H2,1H3,(H,21,22)/b7-6+,9-8+,11-10+,13-12+,16-15+. The average Bonchev–Trinajstić information content (AvgIpc) is 2.50. The third-order valence-electron chi connectivity index (χ3n) is 3.00. The first-order valence-electron chi connectivity index (χ1n) is 8.29. The third-order valence-corrected chi connectivity index (χ3v) is 3.00. The molecule has 0 bridgehead atoms. The van der Waals surface area contributed by atoms with Gasteiger partial charge in [-0.1, -0.05) is 80.5 Å². The van der Waals surface area contributed by atoms with Gasteiger partial charge in [-0.25, -0.2) is 0 Å². The van der Waals surface area contributed by atoms with Crippen LogP contribution in [0.3, 0.4) is 0 Å². The van der Waals surface area contributed by atoms with E-state index >= 15 is 0 Å². The molecular formula is C20H30O2. The lowest BCUT2D eigenvalue weighted by atomic mass is 10.2. The van der Waals surface area contributed by atoms with Crippen LogP contribution in [0.5, 0.6) is 0 Å². The zero-order valence-electron chi connectivity index (χ0n) is 13.8. The molecule has 0 aliphatic carbocycles. The Morgan fingerprint density at radius 1 is 0.773 bits per heavy atom. The number of hydrogen-bond acceptors (Lipinski definition) is 1. The summed E-state index contributed by atoms with van der Waals surface area (Å²) in [6.45, 7) is 2.22. The van der Waals surface area contributed by atoms with E-state index in [0.717, 1.165) is 12.8 Å². The van der Waals surface area contributed by atoms with E-state index in [1.54, 1.807) is 0 Å². The summed E-state index contributed by atoms with van der Waals surface area (Å²) in [7, 11) is 0. The molecule has 0 unspecified atom stereocenters. The fourth-order valence-corrected chi connectivity index (χ4v) is 1.76. The molecule has 0 aromatic heterocycles. The van der Waals surface area contributed by atoms with Gasteiger partial charge in [-0.15, -0.1) is 0 Å². The van der Waals surface area contributed by atoms with Gasteiger partial charge in [0.15, 0.2) is 0 Å². The van der Waals surface area contributed by atoms with Crippen molar-refractivity contribution >= 4 is 5.97 Å². The average molecular weight is 302 g/mol. The molecule has 0 radical (unpaired) electrons. The van der Waals surface area contributed by atoms with E-state index in [0.29, 0.717) is 6.42 Å². The molecule has 22 heavy (non-hydrogen) atoms. The monoisotopic (exact) mass is 302 g/mol. The van der Waals surface area contributed by atoms with E-state index in [1.165, 1.54) is 25.7 Å². The van der Waals surface area contributed by atoms with Gasteiger partial charge in [-0.2, -0.15) is 0 Å². The minimum Gasteiger partial charge on any atom is -0.481 e. The zero-order chi connectivity index (χ0) is 16.3. The second kappa shape index (κ2) is 17.2. The lowest BCUT2D eigenvalue weighted by Gasteiger charge is -1.89. The highest BCUT2D eigenvalue weighted by atomic mass is 16.4. The van der Waals surface area contributed by atoms with E-state index < -0.39 is 5.97 Å². The lowest BCUT2D eigenvalue weighted by molar-refractivity contribution is -0.137. The van der Waals surface area contributed by atoms with Crippen LogP contribution < -0.4 is 0 Å². The predicted octanol–water partition coefficient (Wildman–Crippen LogP) is 5.99. The predicted molar refractivity (Wildman–Crippen MR) is 95.9 cm³/mol. The first-order valence-corrected chi connectivity index (χ1v) is 8.29. The van der Waals surface area contributed by atoms with E-state index in [1.807, 2.05) is 30.4 Å². The first kappa shape index (κ1) is 20.2. The Kier molecular flexibility index (Phi) is 15.8. The van der Waals surface area contributed by atoms with Crippen LogP contribution in [0, 0.1) is 0 Å². The molecule has 2 heteroatoms. The summed E-state index contributed by atoms with van der Waals surface area (Å²) in [5.74, 6) is -0.720. The van der Waals surface area contributed by atoms with Gasteiger partial charge in [0.1, 0.15) is 0 Å². The van der Waals surface area contributed by atoms with Gasteiger partial charge in [0.25, 0.3) is 0 Å². The molecule has 0 spiro atoms. The van der Waals surface area contributed by atoms with Gasteiger partial charge < -0.3 is 5.11 Å². The highest BCUT2D eigenvalue weighted by molar-refractivity contribution is 5.66. The Balaban J connectivity index is 3.55. The molecule has 0 fully saturated rings. The van der Waals surface area contributed by atoms with Crippen molar-refractivity contribution in [2.45, 2.75) is 58.3 Å². The normalized spacial score (nSPS) is 12.8. The number of carboxylic acid groups (broad SMARTS) is 1. The number of unbranched alkanes of at least 4 members (excludes halogenated alkanes) is 4. The van der Waals surface area contributed by atoms with Crippen LogP contribution >= 0.6 is 0 Å². The van der Waals surface area contributed by atoms with Crippen molar-refractivity contribution < 1.29 is 9.90 Å². The molecule has 0 aromatic rings. The number of carboxylic acids is 1. The fourth-order valence-electron chi connectivity index (χ4n) is 1.76. The highest BCUT2D eigenvalue weighted by Crippen LogP contribution is 1.99. The molecule has 0 aromatic carbocycles. The third kappa shape index (κ3) is 18.2. The van der Waals surface area contributed by atoms with Crippen LogP contribution in [0.4, 0.5) is 0 Å². The summed E-state index contributed by atoms with van der Waals surface area (Å²) in [5.41, 5.74) is 0. The molecular weight excluding hydrogens is 272 g/mol. The second-order valence-electron chi connectivity index (χ2n) is 5.11. The summed E-state index contributed by atoms with van der Waals surface area (Å²) in [5, 5.41) is 8.49. The van der Waals surface area contributed by atoms with E-state index in [-0.39, 0.29) is 6.42 Å². The number of aliphatic carboxylic acids is 1. The number of hydrogen-bond donors (Lipinski definition) is 1. The van der Waals surface area contributed by atoms with Crippen molar-refractivity contribution in [2.24, 2.45) is 0 Å². The molecule has 0 rings (SSSR count). The van der Waals surface area contributed by atoms with Crippen molar-refractivity contribution in [2.75, 3.05) is 0 Å². The molecule has 122 valence electrons. The summed E-state index contributed by atoms with van der Waals surface area (Å²) in [4.78, 5) is 10.3.